The molecule has 1 aliphatic carbocycles. The van der Waals surface area contributed by atoms with Crippen LogP contribution in [0.3, 0.4) is 0 Å². The van der Waals surface area contributed by atoms with E-state index in [-0.39, 0.29) is 16.9 Å². The summed E-state index contributed by atoms with van der Waals surface area (Å²) in [5.74, 6) is 6.01. The fourth-order valence-electron chi connectivity index (χ4n) is 2.81. The van der Waals surface area contributed by atoms with Gasteiger partial charge in [0.25, 0.3) is 0 Å². The Morgan fingerprint density at radius 1 is 1.39 bits per heavy atom. The number of hydrazine groups is 1. The Hall–Kier alpha value is -0.640. The first kappa shape index (κ1) is 13.8. The van der Waals surface area contributed by atoms with Crippen molar-refractivity contribution in [2.24, 2.45) is 11.8 Å². The van der Waals surface area contributed by atoms with Crippen LogP contribution in [0.2, 0.25) is 5.02 Å². The maximum absolute atomic E-state index is 13.4. The largest absolute Gasteiger partial charge is 0.271 e. The Labute approximate surface area is 113 Å². The van der Waals surface area contributed by atoms with Crippen LogP contribution in [-0.4, -0.2) is 6.04 Å². The molecule has 1 aromatic carbocycles. The summed E-state index contributed by atoms with van der Waals surface area (Å²) in [5.41, 5.74) is 3.80. The molecule has 100 valence electrons. The molecule has 18 heavy (non-hydrogen) atoms. The van der Waals surface area contributed by atoms with E-state index in [1.165, 1.54) is 31.7 Å². The minimum atomic E-state index is -0.356. The van der Waals surface area contributed by atoms with E-state index >= 15 is 0 Å². The van der Waals surface area contributed by atoms with Crippen LogP contribution in [0.25, 0.3) is 0 Å². The van der Waals surface area contributed by atoms with Crippen LogP contribution < -0.4 is 11.3 Å². The number of halogens is 2. The van der Waals surface area contributed by atoms with E-state index in [2.05, 4.69) is 5.43 Å². The van der Waals surface area contributed by atoms with Gasteiger partial charge in [-0.15, -0.1) is 0 Å². The Morgan fingerprint density at radius 3 is 2.72 bits per heavy atom. The zero-order chi connectivity index (χ0) is 13.0. The molecule has 4 heteroatoms. The van der Waals surface area contributed by atoms with Crippen molar-refractivity contribution in [3.8, 4) is 0 Å². The molecule has 1 aromatic rings. The van der Waals surface area contributed by atoms with E-state index in [0.29, 0.717) is 0 Å². The molecule has 2 rings (SSSR count). The topological polar surface area (TPSA) is 38.0 Å². The van der Waals surface area contributed by atoms with Crippen LogP contribution >= 0.6 is 11.6 Å². The Kier molecular flexibility index (Phi) is 4.98. The molecule has 1 saturated carbocycles. The third kappa shape index (κ3) is 3.67. The first-order chi connectivity index (χ1) is 8.69. The lowest BCUT2D eigenvalue weighted by Gasteiger charge is -2.19. The minimum Gasteiger partial charge on any atom is -0.271 e. The van der Waals surface area contributed by atoms with E-state index in [1.807, 2.05) is 6.07 Å². The molecule has 3 N–H and O–H groups in total. The van der Waals surface area contributed by atoms with Gasteiger partial charge in [-0.05, 0) is 36.5 Å². The van der Waals surface area contributed by atoms with Gasteiger partial charge in [0.05, 0.1) is 5.02 Å². The van der Waals surface area contributed by atoms with Gasteiger partial charge in [-0.1, -0.05) is 43.4 Å². The number of nitrogens with one attached hydrogen (secondary N) is 1. The van der Waals surface area contributed by atoms with Crippen LogP contribution in [-0.2, 0) is 6.42 Å². The average Bonchev–Trinajstić information content (AvgIpc) is 2.86. The first-order valence-electron chi connectivity index (χ1n) is 6.59. The molecular weight excluding hydrogens is 251 g/mol. The summed E-state index contributed by atoms with van der Waals surface area (Å²) in [6.45, 7) is 0. The molecule has 0 heterocycles. The summed E-state index contributed by atoms with van der Waals surface area (Å²) < 4.78 is 13.4. The highest BCUT2D eigenvalue weighted by molar-refractivity contribution is 6.30. The third-order valence-corrected chi connectivity index (χ3v) is 4.10. The van der Waals surface area contributed by atoms with Crippen molar-refractivity contribution >= 4 is 11.6 Å². The number of hydrogen-bond donors (Lipinski definition) is 2. The van der Waals surface area contributed by atoms with Gasteiger partial charge in [0.15, 0.2) is 0 Å². The smallest absolute Gasteiger partial charge is 0.142 e. The molecule has 0 aromatic heterocycles. The van der Waals surface area contributed by atoms with Crippen molar-refractivity contribution in [1.82, 2.24) is 5.43 Å². The maximum Gasteiger partial charge on any atom is 0.142 e. The molecule has 0 radical (unpaired) electrons. The van der Waals surface area contributed by atoms with Crippen molar-refractivity contribution < 1.29 is 4.39 Å². The van der Waals surface area contributed by atoms with Gasteiger partial charge < -0.3 is 0 Å². The first-order valence-corrected chi connectivity index (χ1v) is 6.97. The lowest BCUT2D eigenvalue weighted by molar-refractivity contribution is 0.389. The lowest BCUT2D eigenvalue weighted by Crippen LogP contribution is -2.38. The minimum absolute atomic E-state index is 0.173. The molecule has 0 spiro atoms. The number of hydrogen-bond acceptors (Lipinski definition) is 2. The molecule has 1 aliphatic rings. The van der Waals surface area contributed by atoms with Gasteiger partial charge in [-0.25, -0.2) is 4.39 Å². The molecule has 2 nitrogen and oxygen atoms in total. The molecule has 0 aliphatic heterocycles. The highest BCUT2D eigenvalue weighted by Crippen LogP contribution is 2.29. The summed E-state index contributed by atoms with van der Waals surface area (Å²) in [4.78, 5) is 0. The molecule has 1 fully saturated rings. The molecule has 1 unspecified atom stereocenters. The molecule has 1 atom stereocenters. The zero-order valence-electron chi connectivity index (χ0n) is 10.5. The third-order valence-electron chi connectivity index (χ3n) is 3.79. The van der Waals surface area contributed by atoms with Gasteiger partial charge in [0.2, 0.25) is 0 Å². The van der Waals surface area contributed by atoms with Crippen LogP contribution in [0, 0.1) is 11.7 Å². The zero-order valence-corrected chi connectivity index (χ0v) is 11.2. The van der Waals surface area contributed by atoms with E-state index < -0.39 is 0 Å². The van der Waals surface area contributed by atoms with Crippen molar-refractivity contribution in [1.29, 1.82) is 0 Å². The maximum atomic E-state index is 13.4. The number of benzene rings is 1. The predicted octanol–water partition coefficient (Wildman–Crippen LogP) is 3.43. The normalized spacial score (nSPS) is 18.2. The van der Waals surface area contributed by atoms with Gasteiger partial charge in [0.1, 0.15) is 5.82 Å². The second kappa shape index (κ2) is 6.50. The number of rotatable bonds is 5. The predicted molar refractivity (Wildman–Crippen MR) is 72.8 cm³/mol. The molecule has 0 amide bonds. The standard InChI is InChI=1S/C14H20ClFN2/c15-13-6-5-11(9-14(13)16)8-12(18-17)7-10-3-1-2-4-10/h5-6,9-10,12,18H,1-4,7-8,17H2. The lowest BCUT2D eigenvalue weighted by atomic mass is 9.94. The molecular formula is C14H20ClFN2. The van der Waals surface area contributed by atoms with E-state index in [1.54, 1.807) is 6.07 Å². The van der Waals surface area contributed by atoms with Crippen LogP contribution in [0.4, 0.5) is 4.39 Å². The average molecular weight is 271 g/mol. The fourth-order valence-corrected chi connectivity index (χ4v) is 2.93. The van der Waals surface area contributed by atoms with Crippen molar-refractivity contribution in [2.75, 3.05) is 0 Å². The summed E-state index contributed by atoms with van der Waals surface area (Å²) >= 11 is 5.67. The van der Waals surface area contributed by atoms with Crippen LogP contribution in [0.15, 0.2) is 18.2 Å². The van der Waals surface area contributed by atoms with E-state index in [9.17, 15) is 4.39 Å². The fraction of sp³-hybridized carbons (Fsp3) is 0.571. The van der Waals surface area contributed by atoms with Crippen molar-refractivity contribution in [3.63, 3.8) is 0 Å². The summed E-state index contributed by atoms with van der Waals surface area (Å²) in [6.07, 6.45) is 7.08. The summed E-state index contributed by atoms with van der Waals surface area (Å²) in [5, 5.41) is 0.173. The Balaban J connectivity index is 1.94. The highest BCUT2D eigenvalue weighted by Gasteiger charge is 2.19. The van der Waals surface area contributed by atoms with Crippen molar-refractivity contribution in [2.45, 2.75) is 44.6 Å². The summed E-state index contributed by atoms with van der Waals surface area (Å²) in [6, 6.07) is 5.19. The van der Waals surface area contributed by atoms with Gasteiger partial charge >= 0.3 is 0 Å². The van der Waals surface area contributed by atoms with Crippen molar-refractivity contribution in [3.05, 3.63) is 34.6 Å². The SMILES string of the molecule is NNC(Cc1ccc(Cl)c(F)c1)CC1CCCC1. The highest BCUT2D eigenvalue weighted by atomic mass is 35.5. The Morgan fingerprint density at radius 2 is 2.11 bits per heavy atom. The van der Waals surface area contributed by atoms with Gasteiger partial charge in [-0.3, -0.25) is 11.3 Å². The molecule has 0 bridgehead atoms. The molecule has 0 saturated heterocycles. The van der Waals surface area contributed by atoms with Gasteiger partial charge in [-0.2, -0.15) is 0 Å². The van der Waals surface area contributed by atoms with E-state index in [0.717, 1.165) is 24.3 Å². The van der Waals surface area contributed by atoms with Crippen LogP contribution in [0.5, 0.6) is 0 Å². The second-order valence-electron chi connectivity index (χ2n) is 5.20. The second-order valence-corrected chi connectivity index (χ2v) is 5.61. The number of nitrogens with two attached hydrogens (primary N) is 1. The monoisotopic (exact) mass is 270 g/mol. The quantitative estimate of drug-likeness (QED) is 0.635. The van der Waals surface area contributed by atoms with E-state index in [4.69, 9.17) is 17.4 Å². The Bertz CT molecular complexity index is 391. The summed E-state index contributed by atoms with van der Waals surface area (Å²) in [7, 11) is 0. The van der Waals surface area contributed by atoms with Crippen LogP contribution in [0.1, 0.15) is 37.7 Å². The van der Waals surface area contributed by atoms with Gasteiger partial charge in [0, 0.05) is 6.04 Å².